The molecule has 7 heteroatoms. The Labute approximate surface area is 109 Å². The van der Waals surface area contributed by atoms with Crippen molar-refractivity contribution >= 4 is 28.9 Å². The summed E-state index contributed by atoms with van der Waals surface area (Å²) in [5, 5.41) is 13.7. The highest BCUT2D eigenvalue weighted by molar-refractivity contribution is 6.33. The average Bonchev–Trinajstić information content (AvgIpc) is 2.26. The Morgan fingerprint density at radius 1 is 1.61 bits per heavy atom. The lowest BCUT2D eigenvalue weighted by atomic mass is 10.2. The van der Waals surface area contributed by atoms with Crippen LogP contribution in [-0.4, -0.2) is 23.5 Å². The Morgan fingerprint density at radius 2 is 2.28 bits per heavy atom. The first kappa shape index (κ1) is 14.2. The van der Waals surface area contributed by atoms with Crippen LogP contribution in [0.25, 0.3) is 0 Å². The van der Waals surface area contributed by atoms with Crippen LogP contribution in [0.2, 0.25) is 5.02 Å². The van der Waals surface area contributed by atoms with Crippen molar-refractivity contribution in [2.45, 2.75) is 20.0 Å². The molecule has 0 aliphatic heterocycles. The molecule has 1 aromatic carbocycles. The van der Waals surface area contributed by atoms with Gasteiger partial charge in [-0.1, -0.05) is 11.6 Å². The number of benzene rings is 1. The van der Waals surface area contributed by atoms with Gasteiger partial charge >= 0.3 is 5.97 Å². The van der Waals surface area contributed by atoms with Gasteiger partial charge in [0, 0.05) is 19.1 Å². The van der Waals surface area contributed by atoms with Crippen molar-refractivity contribution in [2.75, 3.05) is 11.9 Å². The molecule has 0 spiro atoms. The summed E-state index contributed by atoms with van der Waals surface area (Å²) in [6, 6.07) is 4.13. The molecule has 0 aromatic heterocycles. The molecular formula is C11H13ClN2O4. The lowest BCUT2D eigenvalue weighted by Gasteiger charge is -2.14. The molecule has 6 nitrogen and oxygen atoms in total. The maximum atomic E-state index is 10.7. The second-order valence-corrected chi connectivity index (χ2v) is 4.13. The number of nitrogens with one attached hydrogen (secondary N) is 1. The summed E-state index contributed by atoms with van der Waals surface area (Å²) in [6.45, 7) is 3.43. The summed E-state index contributed by atoms with van der Waals surface area (Å²) in [4.78, 5) is 20.7. The number of nitro benzene ring substituents is 1. The highest BCUT2D eigenvalue weighted by atomic mass is 35.5. The van der Waals surface area contributed by atoms with Gasteiger partial charge in [0.15, 0.2) is 0 Å². The van der Waals surface area contributed by atoms with Crippen LogP contribution >= 0.6 is 11.6 Å². The summed E-state index contributed by atoms with van der Waals surface area (Å²) in [7, 11) is 0. The van der Waals surface area contributed by atoms with Crippen LogP contribution < -0.4 is 5.32 Å². The third-order valence-electron chi connectivity index (χ3n) is 2.11. The van der Waals surface area contributed by atoms with Crippen LogP contribution in [0.15, 0.2) is 18.2 Å². The molecule has 0 aliphatic rings. The van der Waals surface area contributed by atoms with Crippen molar-refractivity contribution in [2.24, 2.45) is 0 Å². The van der Waals surface area contributed by atoms with E-state index in [4.69, 9.17) is 16.3 Å². The van der Waals surface area contributed by atoms with E-state index in [1.54, 1.807) is 6.92 Å². The van der Waals surface area contributed by atoms with Crippen molar-refractivity contribution in [3.8, 4) is 0 Å². The highest BCUT2D eigenvalue weighted by Gasteiger charge is 2.10. The SMILES string of the molecule is CC(=O)OC(C)CNc1ccc([N+](=O)[O-])cc1Cl. The Kier molecular flexibility index (Phi) is 4.91. The number of carbonyl (C=O) groups excluding carboxylic acids is 1. The number of rotatable bonds is 5. The van der Waals surface area contributed by atoms with E-state index in [0.717, 1.165) is 0 Å². The minimum atomic E-state index is -0.517. The minimum Gasteiger partial charge on any atom is -0.461 e. The van der Waals surface area contributed by atoms with Crippen LogP contribution in [0.1, 0.15) is 13.8 Å². The van der Waals surface area contributed by atoms with Crippen LogP contribution in [0, 0.1) is 10.1 Å². The monoisotopic (exact) mass is 272 g/mol. The zero-order valence-electron chi connectivity index (χ0n) is 9.97. The minimum absolute atomic E-state index is 0.0708. The molecular weight excluding hydrogens is 260 g/mol. The van der Waals surface area contributed by atoms with Crippen molar-refractivity contribution < 1.29 is 14.5 Å². The third kappa shape index (κ3) is 4.21. The van der Waals surface area contributed by atoms with Gasteiger partial charge in [0.05, 0.1) is 22.2 Å². The number of ether oxygens (including phenoxy) is 1. The number of non-ortho nitro benzene ring substituents is 1. The molecule has 1 aromatic rings. The van der Waals surface area contributed by atoms with Gasteiger partial charge in [-0.25, -0.2) is 0 Å². The summed E-state index contributed by atoms with van der Waals surface area (Å²) >= 11 is 5.89. The lowest BCUT2D eigenvalue weighted by molar-refractivity contribution is -0.384. The van der Waals surface area contributed by atoms with E-state index in [2.05, 4.69) is 5.32 Å². The second kappa shape index (κ2) is 6.20. The summed E-state index contributed by atoms with van der Waals surface area (Å²) in [5.74, 6) is -0.362. The Bertz CT molecular complexity index is 464. The van der Waals surface area contributed by atoms with E-state index < -0.39 is 4.92 Å². The molecule has 0 saturated carbocycles. The van der Waals surface area contributed by atoms with E-state index in [1.807, 2.05) is 0 Å². The van der Waals surface area contributed by atoms with Crippen molar-refractivity contribution in [1.29, 1.82) is 0 Å². The molecule has 18 heavy (non-hydrogen) atoms. The predicted octanol–water partition coefficient (Wildman–Crippen LogP) is 2.61. The van der Waals surface area contributed by atoms with Crippen molar-refractivity contribution in [1.82, 2.24) is 0 Å². The van der Waals surface area contributed by atoms with Crippen LogP contribution in [0.3, 0.4) is 0 Å². The van der Waals surface area contributed by atoms with Gasteiger partial charge < -0.3 is 10.1 Å². The number of hydrogen-bond donors (Lipinski definition) is 1. The van der Waals surface area contributed by atoms with E-state index in [0.29, 0.717) is 12.2 Å². The van der Waals surface area contributed by atoms with Crippen molar-refractivity contribution in [3.05, 3.63) is 33.3 Å². The maximum absolute atomic E-state index is 10.7. The average molecular weight is 273 g/mol. The standard InChI is InChI=1S/C11H13ClN2O4/c1-7(18-8(2)15)6-13-11-4-3-9(14(16)17)5-10(11)12/h3-5,7,13H,6H2,1-2H3. The molecule has 0 aliphatic carbocycles. The molecule has 1 rings (SSSR count). The smallest absolute Gasteiger partial charge is 0.302 e. The van der Waals surface area contributed by atoms with Gasteiger partial charge in [-0.15, -0.1) is 0 Å². The number of anilines is 1. The number of hydrogen-bond acceptors (Lipinski definition) is 5. The Balaban J connectivity index is 2.63. The molecule has 1 N–H and O–H groups in total. The maximum Gasteiger partial charge on any atom is 0.302 e. The van der Waals surface area contributed by atoms with E-state index in [-0.39, 0.29) is 22.8 Å². The first-order valence-corrected chi connectivity index (χ1v) is 5.63. The van der Waals surface area contributed by atoms with Gasteiger partial charge in [-0.05, 0) is 13.0 Å². The van der Waals surface area contributed by atoms with E-state index in [9.17, 15) is 14.9 Å². The summed E-state index contributed by atoms with van der Waals surface area (Å²) < 4.78 is 4.92. The Hall–Kier alpha value is -1.82. The molecule has 98 valence electrons. The fourth-order valence-corrected chi connectivity index (χ4v) is 1.58. The van der Waals surface area contributed by atoms with Gasteiger partial charge in [-0.3, -0.25) is 14.9 Å². The van der Waals surface area contributed by atoms with Crippen LogP contribution in [0.5, 0.6) is 0 Å². The van der Waals surface area contributed by atoms with Crippen molar-refractivity contribution in [3.63, 3.8) is 0 Å². The molecule has 0 heterocycles. The quantitative estimate of drug-likeness (QED) is 0.506. The Morgan fingerprint density at radius 3 is 2.78 bits per heavy atom. The number of carbonyl (C=O) groups is 1. The van der Waals surface area contributed by atoms with E-state index >= 15 is 0 Å². The van der Waals surface area contributed by atoms with E-state index in [1.165, 1.54) is 25.1 Å². The fourth-order valence-electron chi connectivity index (χ4n) is 1.34. The fraction of sp³-hybridized carbons (Fsp3) is 0.364. The molecule has 0 amide bonds. The molecule has 0 saturated heterocycles. The van der Waals surface area contributed by atoms with Gasteiger partial charge in [0.1, 0.15) is 6.10 Å². The molecule has 0 bridgehead atoms. The predicted molar refractivity (Wildman–Crippen MR) is 67.8 cm³/mol. The molecule has 1 atom stereocenters. The van der Waals surface area contributed by atoms with Crippen LogP contribution in [0.4, 0.5) is 11.4 Å². The zero-order chi connectivity index (χ0) is 13.7. The third-order valence-corrected chi connectivity index (χ3v) is 2.42. The number of nitrogens with zero attached hydrogens (tertiary/aromatic N) is 1. The summed E-state index contributed by atoms with van der Waals surface area (Å²) in [6.07, 6.45) is -0.311. The zero-order valence-corrected chi connectivity index (χ0v) is 10.7. The first-order valence-electron chi connectivity index (χ1n) is 5.25. The largest absolute Gasteiger partial charge is 0.461 e. The van der Waals surface area contributed by atoms with Gasteiger partial charge in [0.25, 0.3) is 5.69 Å². The number of nitro groups is 1. The first-order chi connectivity index (χ1) is 8.40. The molecule has 0 fully saturated rings. The lowest BCUT2D eigenvalue weighted by Crippen LogP contribution is -2.22. The molecule has 0 radical (unpaired) electrons. The van der Waals surface area contributed by atoms with Gasteiger partial charge in [-0.2, -0.15) is 0 Å². The summed E-state index contributed by atoms with van der Waals surface area (Å²) in [5.41, 5.74) is 0.486. The second-order valence-electron chi connectivity index (χ2n) is 3.72. The van der Waals surface area contributed by atoms with Gasteiger partial charge in [0.2, 0.25) is 0 Å². The normalized spacial score (nSPS) is 11.7. The molecule has 1 unspecified atom stereocenters. The number of halogens is 1. The van der Waals surface area contributed by atoms with Crippen LogP contribution in [-0.2, 0) is 9.53 Å². The number of esters is 1. The highest BCUT2D eigenvalue weighted by Crippen LogP contribution is 2.26. The topological polar surface area (TPSA) is 81.5 Å².